The number of ether oxygens (including phenoxy) is 2. The Morgan fingerprint density at radius 3 is 2.65 bits per heavy atom. The van der Waals surface area contributed by atoms with Gasteiger partial charge in [-0.3, -0.25) is 4.90 Å². The van der Waals surface area contributed by atoms with Crippen LogP contribution in [0.25, 0.3) is 32.8 Å². The van der Waals surface area contributed by atoms with Gasteiger partial charge in [-0.05, 0) is 55.8 Å². The first-order valence-electron chi connectivity index (χ1n) is 15.5. The molecule has 8 nitrogen and oxygen atoms in total. The van der Waals surface area contributed by atoms with Crippen molar-refractivity contribution in [2.75, 3.05) is 44.8 Å². The van der Waals surface area contributed by atoms with Crippen LogP contribution < -0.4 is 19.7 Å². The summed E-state index contributed by atoms with van der Waals surface area (Å²) in [4.78, 5) is 13.6. The molecule has 4 aromatic rings. The fraction of sp³-hybridized carbons (Fsp3) is 0.455. The lowest BCUT2D eigenvalue weighted by Crippen LogP contribution is -2.51. The van der Waals surface area contributed by atoms with Gasteiger partial charge in [-0.15, -0.1) is 12.4 Å². The molecule has 0 aliphatic carbocycles. The third kappa shape index (κ3) is 4.98. The highest BCUT2D eigenvalue weighted by molar-refractivity contribution is 6.37. The number of aromatic nitrogens is 2. The van der Waals surface area contributed by atoms with Gasteiger partial charge in [0.25, 0.3) is 0 Å². The van der Waals surface area contributed by atoms with E-state index in [0.717, 1.165) is 32.2 Å². The molecule has 2 N–H and O–H groups in total. The minimum Gasteiger partial charge on any atom is -0.508 e. The zero-order valence-electron chi connectivity index (χ0n) is 25.2. The highest BCUT2D eigenvalue weighted by Gasteiger charge is 2.49. The third-order valence-electron chi connectivity index (χ3n) is 10.1. The summed E-state index contributed by atoms with van der Waals surface area (Å²) in [5.41, 5.74) is -0.639. The number of hydrogen-bond donors (Lipinski definition) is 2. The fourth-order valence-electron chi connectivity index (χ4n) is 8.14. The topological polar surface area (TPSA) is 83.0 Å². The molecule has 4 saturated heterocycles. The van der Waals surface area contributed by atoms with Crippen molar-refractivity contribution in [1.29, 1.82) is 0 Å². The summed E-state index contributed by atoms with van der Waals surface area (Å²) in [6, 6.07) is 7.58. The van der Waals surface area contributed by atoms with Crippen LogP contribution in [0.4, 0.5) is 19.0 Å². The monoisotopic (exact) mass is 675 g/mol. The summed E-state index contributed by atoms with van der Waals surface area (Å²) in [6.45, 7) is 2.62. The highest BCUT2D eigenvalue weighted by Crippen LogP contribution is 2.49. The van der Waals surface area contributed by atoms with Gasteiger partial charge in [0.15, 0.2) is 11.6 Å². The quantitative estimate of drug-likeness (QED) is 0.243. The predicted octanol–water partition coefficient (Wildman–Crippen LogP) is 6.41. The number of rotatable bonds is 6. The Labute approximate surface area is 275 Å². The zero-order chi connectivity index (χ0) is 31.0. The van der Waals surface area contributed by atoms with Crippen LogP contribution in [0.15, 0.2) is 30.3 Å². The van der Waals surface area contributed by atoms with E-state index < -0.39 is 23.3 Å². The highest BCUT2D eigenvalue weighted by atomic mass is 35.5. The van der Waals surface area contributed by atoms with E-state index in [9.17, 15) is 9.50 Å². The number of benzene rings is 3. The van der Waals surface area contributed by atoms with Gasteiger partial charge in [0.1, 0.15) is 35.7 Å². The van der Waals surface area contributed by atoms with E-state index >= 15 is 8.78 Å². The number of alkyl halides is 1. The molecule has 4 fully saturated rings. The van der Waals surface area contributed by atoms with E-state index in [-0.39, 0.29) is 81.0 Å². The van der Waals surface area contributed by atoms with Crippen molar-refractivity contribution in [1.82, 2.24) is 20.2 Å². The number of phenolic OH excluding ortho intramolecular Hbond substituents is 1. The van der Waals surface area contributed by atoms with E-state index in [1.807, 2.05) is 0 Å². The van der Waals surface area contributed by atoms with Crippen LogP contribution >= 0.6 is 24.0 Å². The minimum absolute atomic E-state index is 0. The summed E-state index contributed by atoms with van der Waals surface area (Å²) in [7, 11) is 1.43. The summed E-state index contributed by atoms with van der Waals surface area (Å²) in [5.74, 6) is -1.02. The molecule has 2 bridgehead atoms. The lowest BCUT2D eigenvalue weighted by molar-refractivity contribution is 0.107. The van der Waals surface area contributed by atoms with Crippen LogP contribution in [-0.2, 0) is 0 Å². The summed E-state index contributed by atoms with van der Waals surface area (Å²) in [6.07, 6.45) is 3.22. The predicted molar refractivity (Wildman–Crippen MR) is 174 cm³/mol. The van der Waals surface area contributed by atoms with Crippen LogP contribution in [0.1, 0.15) is 32.1 Å². The van der Waals surface area contributed by atoms with Gasteiger partial charge in [0.2, 0.25) is 0 Å². The van der Waals surface area contributed by atoms with Crippen molar-refractivity contribution in [2.45, 2.75) is 55.9 Å². The maximum Gasteiger partial charge on any atom is 0.319 e. The Kier molecular flexibility index (Phi) is 8.02. The second-order valence-corrected chi connectivity index (χ2v) is 13.2. The number of nitrogens with zero attached hydrogens (tertiary/aromatic N) is 4. The fourth-order valence-corrected chi connectivity index (χ4v) is 8.49. The van der Waals surface area contributed by atoms with Crippen LogP contribution in [0.2, 0.25) is 5.02 Å². The van der Waals surface area contributed by atoms with E-state index in [2.05, 4.69) is 20.1 Å². The van der Waals surface area contributed by atoms with Crippen molar-refractivity contribution in [3.8, 4) is 28.6 Å². The molecule has 4 atom stereocenters. The van der Waals surface area contributed by atoms with E-state index in [4.69, 9.17) is 26.1 Å². The molecule has 8 rings (SSSR count). The third-order valence-corrected chi connectivity index (χ3v) is 10.4. The smallest absolute Gasteiger partial charge is 0.319 e. The molecule has 2 unspecified atom stereocenters. The molecule has 0 amide bonds. The Bertz CT molecular complexity index is 1840. The van der Waals surface area contributed by atoms with Gasteiger partial charge in [-0.25, -0.2) is 13.2 Å². The molecule has 3 aromatic carbocycles. The second kappa shape index (κ2) is 11.8. The largest absolute Gasteiger partial charge is 0.508 e. The molecule has 1 aromatic heterocycles. The Hall–Kier alpha value is -3.25. The van der Waals surface area contributed by atoms with Crippen molar-refractivity contribution < 1.29 is 27.8 Å². The Morgan fingerprint density at radius 1 is 1.11 bits per heavy atom. The lowest BCUT2D eigenvalue weighted by Gasteiger charge is -2.35. The number of phenols is 1. The number of piperazine rings is 1. The Morgan fingerprint density at radius 2 is 1.89 bits per heavy atom. The maximum absolute atomic E-state index is 17.0. The standard InChI is InChI=1S/C33H33ClF3N5O3.ClH/c1-44-30-26-29(28(37)25(27(30)34)22-11-21(43)10-17-4-2-5-23(36)24(17)22)39-32(40-31(26)41-14-19-6-7-20(15-41)38-19)45-16-33-8-3-9-42(33)13-18(35)12-33;/h2,4-5,10-11,18-20,38,43H,3,6-9,12-16H2,1H3;1H/t18-,19?,20?,33+;/m1./s1. The molecular weight excluding hydrogens is 642 g/mol. The van der Waals surface area contributed by atoms with Crippen molar-refractivity contribution in [3.63, 3.8) is 0 Å². The van der Waals surface area contributed by atoms with Crippen LogP contribution in [0.3, 0.4) is 0 Å². The minimum atomic E-state index is -0.928. The first-order valence-corrected chi connectivity index (χ1v) is 15.8. The van der Waals surface area contributed by atoms with Gasteiger partial charge in [-0.2, -0.15) is 9.97 Å². The molecule has 5 heterocycles. The lowest BCUT2D eigenvalue weighted by atomic mass is 9.95. The SMILES string of the molecule is COc1c(Cl)c(-c2cc(O)cc3cccc(F)c23)c(F)c2nc(OC[C@@]34CCCN3C[C@H](F)C4)nc(N3CC4CCC(C3)N4)c12.Cl. The number of halogens is 5. The molecule has 0 saturated carbocycles. The molecule has 0 radical (unpaired) electrons. The maximum atomic E-state index is 17.0. The first kappa shape index (κ1) is 31.4. The molecule has 13 heteroatoms. The molecule has 46 heavy (non-hydrogen) atoms. The molecule has 0 spiro atoms. The summed E-state index contributed by atoms with van der Waals surface area (Å²) < 4.78 is 58.9. The number of nitrogens with one attached hydrogen (secondary N) is 1. The average Bonchev–Trinajstić information content (AvgIpc) is 3.66. The number of aromatic hydroxyl groups is 1. The molecule has 244 valence electrons. The number of fused-ring (bicyclic) bond motifs is 5. The van der Waals surface area contributed by atoms with E-state index in [1.165, 1.54) is 31.4 Å². The van der Waals surface area contributed by atoms with Gasteiger partial charge < -0.3 is 24.8 Å². The van der Waals surface area contributed by atoms with E-state index in [0.29, 0.717) is 37.3 Å². The zero-order valence-corrected chi connectivity index (χ0v) is 26.7. The Balaban J connectivity index is 0.00000338. The number of anilines is 1. The first-order chi connectivity index (χ1) is 21.7. The molecular formula is C33H34Cl2F3N5O3. The van der Waals surface area contributed by atoms with Gasteiger partial charge in [-0.1, -0.05) is 23.7 Å². The van der Waals surface area contributed by atoms with Gasteiger partial charge >= 0.3 is 6.01 Å². The molecule has 4 aliphatic heterocycles. The van der Waals surface area contributed by atoms with Crippen LogP contribution in [-0.4, -0.2) is 83.7 Å². The van der Waals surface area contributed by atoms with E-state index in [1.54, 1.807) is 6.07 Å². The van der Waals surface area contributed by atoms with Crippen molar-refractivity contribution in [3.05, 3.63) is 47.0 Å². The summed E-state index contributed by atoms with van der Waals surface area (Å²) in [5, 5.41) is 14.8. The summed E-state index contributed by atoms with van der Waals surface area (Å²) >= 11 is 6.95. The van der Waals surface area contributed by atoms with Crippen LogP contribution in [0, 0.1) is 11.6 Å². The molecule has 4 aliphatic rings. The van der Waals surface area contributed by atoms with Crippen LogP contribution in [0.5, 0.6) is 17.5 Å². The number of methoxy groups -OCH3 is 1. The number of hydrogen-bond acceptors (Lipinski definition) is 8. The van der Waals surface area contributed by atoms with Gasteiger partial charge in [0, 0.05) is 54.7 Å². The van der Waals surface area contributed by atoms with Crippen molar-refractivity contribution >= 4 is 51.5 Å². The van der Waals surface area contributed by atoms with Gasteiger partial charge in [0.05, 0.1) is 23.1 Å². The normalized spacial score (nSPS) is 25.7. The average molecular weight is 677 g/mol. The van der Waals surface area contributed by atoms with Crippen molar-refractivity contribution in [2.24, 2.45) is 0 Å². The second-order valence-electron chi connectivity index (χ2n) is 12.8.